The van der Waals surface area contributed by atoms with Crippen molar-refractivity contribution in [2.75, 3.05) is 55.6 Å². The van der Waals surface area contributed by atoms with Gasteiger partial charge in [-0.2, -0.15) is 0 Å². The summed E-state index contributed by atoms with van der Waals surface area (Å²) in [6, 6.07) is 7.48. The minimum absolute atomic E-state index is 0.306. The van der Waals surface area contributed by atoms with Crippen LogP contribution in [0.3, 0.4) is 0 Å². The third-order valence-electron chi connectivity index (χ3n) is 9.20. The predicted molar refractivity (Wildman–Crippen MR) is 140 cm³/mol. The van der Waals surface area contributed by atoms with Crippen LogP contribution in [0.5, 0.6) is 0 Å². The summed E-state index contributed by atoms with van der Waals surface area (Å²) in [5.74, 6) is 0.732. The fourth-order valence-electron chi connectivity index (χ4n) is 7.44. The highest BCUT2D eigenvalue weighted by molar-refractivity contribution is 5.64. The largest absolute Gasteiger partial charge is 0.372 e. The molecule has 2 saturated carbocycles. The number of nitrogens with zero attached hydrogens (tertiary/aromatic N) is 3. The van der Waals surface area contributed by atoms with E-state index < -0.39 is 0 Å². The molecule has 2 heterocycles. The number of piperazine rings is 1. The third kappa shape index (κ3) is 5.22. The minimum Gasteiger partial charge on any atom is -0.372 e. The Bertz CT molecular complexity index is 761. The molecule has 1 aromatic rings. The summed E-state index contributed by atoms with van der Waals surface area (Å²) in [5, 5.41) is 0. The van der Waals surface area contributed by atoms with E-state index in [1.165, 1.54) is 102 Å². The van der Waals surface area contributed by atoms with Gasteiger partial charge in [-0.15, -0.1) is 0 Å². The van der Waals surface area contributed by atoms with Crippen LogP contribution >= 0.6 is 0 Å². The Balaban J connectivity index is 1.38. The van der Waals surface area contributed by atoms with Crippen molar-refractivity contribution in [1.29, 1.82) is 0 Å². The van der Waals surface area contributed by atoms with Crippen LogP contribution in [0.2, 0.25) is 0 Å². The lowest BCUT2D eigenvalue weighted by Gasteiger charge is -2.42. The second-order valence-electron chi connectivity index (χ2n) is 11.7. The van der Waals surface area contributed by atoms with Crippen LogP contribution in [0.4, 0.5) is 11.4 Å². The fourth-order valence-corrected chi connectivity index (χ4v) is 7.44. The molecule has 4 aliphatic rings. The van der Waals surface area contributed by atoms with Crippen LogP contribution in [-0.2, 0) is 4.74 Å². The summed E-state index contributed by atoms with van der Waals surface area (Å²) < 4.78 is 6.03. The number of anilines is 2. The Morgan fingerprint density at radius 1 is 0.879 bits per heavy atom. The maximum atomic E-state index is 6.03. The van der Waals surface area contributed by atoms with Crippen molar-refractivity contribution in [1.82, 2.24) is 4.90 Å². The van der Waals surface area contributed by atoms with Crippen LogP contribution in [0.25, 0.3) is 0 Å². The van der Waals surface area contributed by atoms with E-state index >= 15 is 0 Å². The van der Waals surface area contributed by atoms with Crippen molar-refractivity contribution in [3.05, 3.63) is 23.8 Å². The van der Waals surface area contributed by atoms with E-state index in [-0.39, 0.29) is 0 Å². The Morgan fingerprint density at radius 3 is 2.18 bits per heavy atom. The number of benzene rings is 1. The highest BCUT2D eigenvalue weighted by atomic mass is 16.5. The Kier molecular flexibility index (Phi) is 7.23. The molecule has 33 heavy (non-hydrogen) atoms. The molecule has 4 heteroatoms. The molecule has 0 aromatic heterocycles. The van der Waals surface area contributed by atoms with Crippen LogP contribution in [0.15, 0.2) is 18.2 Å². The molecule has 2 aliphatic heterocycles. The highest BCUT2D eigenvalue weighted by Gasteiger charge is 2.38. The van der Waals surface area contributed by atoms with Gasteiger partial charge in [-0.05, 0) is 100 Å². The van der Waals surface area contributed by atoms with Gasteiger partial charge in [0.1, 0.15) is 0 Å². The first-order valence-corrected chi connectivity index (χ1v) is 14.1. The molecule has 4 fully saturated rings. The van der Waals surface area contributed by atoms with E-state index in [0.29, 0.717) is 17.6 Å². The molecule has 0 N–H and O–H groups in total. The lowest BCUT2D eigenvalue weighted by atomic mass is 9.68. The maximum absolute atomic E-state index is 6.03. The van der Waals surface area contributed by atoms with E-state index in [4.69, 9.17) is 4.74 Å². The van der Waals surface area contributed by atoms with Gasteiger partial charge in [-0.3, -0.25) is 4.90 Å². The van der Waals surface area contributed by atoms with Gasteiger partial charge in [-0.1, -0.05) is 19.8 Å². The molecule has 0 bridgehead atoms. The van der Waals surface area contributed by atoms with Gasteiger partial charge < -0.3 is 14.5 Å². The zero-order valence-corrected chi connectivity index (χ0v) is 21.5. The van der Waals surface area contributed by atoms with E-state index in [9.17, 15) is 0 Å². The maximum Gasteiger partial charge on any atom is 0.0726 e. The van der Waals surface area contributed by atoms with E-state index in [0.717, 1.165) is 19.0 Å². The zero-order chi connectivity index (χ0) is 22.8. The molecule has 184 valence electrons. The Morgan fingerprint density at radius 2 is 1.55 bits per heavy atom. The highest BCUT2D eigenvalue weighted by Crippen LogP contribution is 2.53. The molecule has 2 atom stereocenters. The van der Waals surface area contributed by atoms with Gasteiger partial charge in [0.2, 0.25) is 0 Å². The summed E-state index contributed by atoms with van der Waals surface area (Å²) in [5.41, 5.74) is 5.31. The topological polar surface area (TPSA) is 19.0 Å². The summed E-state index contributed by atoms with van der Waals surface area (Å²) in [7, 11) is 0. The number of hydrogen-bond acceptors (Lipinski definition) is 4. The number of morpholine rings is 1. The molecule has 4 nitrogen and oxygen atoms in total. The second-order valence-corrected chi connectivity index (χ2v) is 11.7. The van der Waals surface area contributed by atoms with Crippen LogP contribution in [0.1, 0.15) is 90.0 Å². The molecule has 0 radical (unpaired) electrons. The molecule has 0 unspecified atom stereocenters. The van der Waals surface area contributed by atoms with Crippen molar-refractivity contribution in [3.8, 4) is 0 Å². The average Bonchev–Trinajstić information content (AvgIpc) is 3.27. The first kappa shape index (κ1) is 23.5. The van der Waals surface area contributed by atoms with E-state index in [1.807, 2.05) is 0 Å². The second kappa shape index (κ2) is 10.2. The van der Waals surface area contributed by atoms with Gasteiger partial charge in [0, 0.05) is 50.6 Å². The first-order valence-electron chi connectivity index (χ1n) is 14.1. The number of rotatable bonds is 5. The standard InChI is InChI=1S/C29H47N3O/c1-4-15-30-16-18-31(19-17-30)28-8-7-26(32-21-23(2)33-24(3)22-32)20-27(28)25-9-13-29(14-10-25)11-5-6-12-29/h7-8,20,23-25H,4-6,9-19,21-22H2,1-3H3/t23-,24+. The lowest BCUT2D eigenvalue weighted by Crippen LogP contribution is -2.47. The summed E-state index contributed by atoms with van der Waals surface area (Å²) >= 11 is 0. The predicted octanol–water partition coefficient (Wildman–Crippen LogP) is 6.05. The van der Waals surface area contributed by atoms with E-state index in [1.54, 1.807) is 5.56 Å². The van der Waals surface area contributed by atoms with Crippen LogP contribution in [0, 0.1) is 5.41 Å². The van der Waals surface area contributed by atoms with Crippen molar-refractivity contribution in [3.63, 3.8) is 0 Å². The average molecular weight is 454 g/mol. The zero-order valence-electron chi connectivity index (χ0n) is 21.5. The van der Waals surface area contributed by atoms with Crippen molar-refractivity contribution in [2.45, 2.75) is 96.7 Å². The summed E-state index contributed by atoms with van der Waals surface area (Å²) in [4.78, 5) is 7.92. The normalized spacial score (nSPS) is 29.2. The molecule has 0 amide bonds. The van der Waals surface area contributed by atoms with Crippen LogP contribution in [-0.4, -0.2) is 62.9 Å². The van der Waals surface area contributed by atoms with Crippen molar-refractivity contribution in [2.24, 2.45) is 5.41 Å². The van der Waals surface area contributed by atoms with Gasteiger partial charge in [0.25, 0.3) is 0 Å². The van der Waals surface area contributed by atoms with Gasteiger partial charge in [0.15, 0.2) is 0 Å². The van der Waals surface area contributed by atoms with Gasteiger partial charge >= 0.3 is 0 Å². The molecule has 1 aromatic carbocycles. The molecular formula is C29H47N3O. The van der Waals surface area contributed by atoms with Crippen molar-refractivity contribution < 1.29 is 4.74 Å². The number of ether oxygens (including phenoxy) is 1. The lowest BCUT2D eigenvalue weighted by molar-refractivity contribution is -0.00522. The SMILES string of the molecule is CCCN1CCN(c2ccc(N3C[C@@H](C)O[C@@H](C)C3)cc2C2CCC3(CCCC3)CC2)CC1. The molecule has 5 rings (SSSR count). The quantitative estimate of drug-likeness (QED) is 0.540. The van der Waals surface area contributed by atoms with Crippen molar-refractivity contribution >= 4 is 11.4 Å². The molecule has 1 spiro atoms. The van der Waals surface area contributed by atoms with Gasteiger partial charge in [-0.25, -0.2) is 0 Å². The Hall–Kier alpha value is -1.26. The van der Waals surface area contributed by atoms with Gasteiger partial charge in [0.05, 0.1) is 12.2 Å². The minimum atomic E-state index is 0.306. The molecule has 2 aliphatic carbocycles. The summed E-state index contributed by atoms with van der Waals surface area (Å²) in [6.07, 6.45) is 13.5. The smallest absolute Gasteiger partial charge is 0.0726 e. The summed E-state index contributed by atoms with van der Waals surface area (Å²) in [6.45, 7) is 14.8. The monoisotopic (exact) mass is 453 g/mol. The third-order valence-corrected chi connectivity index (χ3v) is 9.20. The number of hydrogen-bond donors (Lipinski definition) is 0. The Labute approximate surface area is 202 Å². The molecule has 2 saturated heterocycles. The van der Waals surface area contributed by atoms with Crippen LogP contribution < -0.4 is 9.80 Å². The molecular weight excluding hydrogens is 406 g/mol. The van der Waals surface area contributed by atoms with E-state index in [2.05, 4.69) is 53.7 Å². The fraction of sp³-hybridized carbons (Fsp3) is 0.793. The first-order chi connectivity index (χ1) is 16.0.